The summed E-state index contributed by atoms with van der Waals surface area (Å²) in [5, 5.41) is 25.1. The molecule has 0 saturated heterocycles. The lowest BCUT2D eigenvalue weighted by atomic mass is 9.79. The number of nitrogens with zero attached hydrogens (tertiary/aromatic N) is 3. The van der Waals surface area contributed by atoms with Crippen LogP contribution in [0.25, 0.3) is 10.6 Å². The van der Waals surface area contributed by atoms with Gasteiger partial charge in [-0.3, -0.25) is 0 Å². The van der Waals surface area contributed by atoms with Crippen LogP contribution in [0.3, 0.4) is 0 Å². The van der Waals surface area contributed by atoms with E-state index in [1.165, 1.54) is 36.2 Å². The lowest BCUT2D eigenvalue weighted by Crippen LogP contribution is -2.32. The van der Waals surface area contributed by atoms with Crippen LogP contribution in [0.15, 0.2) is 54.9 Å². The number of hydrogen-bond acceptors (Lipinski definition) is 7. The van der Waals surface area contributed by atoms with Crippen molar-refractivity contribution in [1.82, 2.24) is 15.0 Å². The summed E-state index contributed by atoms with van der Waals surface area (Å²) >= 11 is 1.42. The molecule has 1 saturated carbocycles. The molecule has 0 amide bonds. The highest BCUT2D eigenvalue weighted by Gasteiger charge is 2.39. The molecule has 8 heteroatoms. The summed E-state index contributed by atoms with van der Waals surface area (Å²) in [6.07, 6.45) is 9.41. The Hall–Kier alpha value is -3.62. The number of carbonyl (C=O) groups is 1. The van der Waals surface area contributed by atoms with E-state index in [1.807, 2.05) is 25.3 Å². The first-order valence-electron chi connectivity index (χ1n) is 12.7. The Balaban J connectivity index is 1.29. The molecule has 3 heterocycles. The molecule has 2 aliphatic carbocycles. The number of aromatic nitrogens is 3. The number of nitrogens with one attached hydrogen (secondary N) is 1. The monoisotopic (exact) mass is 512 g/mol. The highest BCUT2D eigenvalue weighted by molar-refractivity contribution is 7.15. The van der Waals surface area contributed by atoms with E-state index in [4.69, 9.17) is 4.98 Å². The van der Waals surface area contributed by atoms with E-state index in [0.717, 1.165) is 45.9 Å². The maximum absolute atomic E-state index is 11.7. The average molecular weight is 513 g/mol. The molecule has 1 aromatic carbocycles. The van der Waals surface area contributed by atoms with Gasteiger partial charge in [0.15, 0.2) is 0 Å². The van der Waals surface area contributed by atoms with Gasteiger partial charge in [0.05, 0.1) is 16.1 Å². The van der Waals surface area contributed by atoms with Gasteiger partial charge in [-0.2, -0.15) is 0 Å². The van der Waals surface area contributed by atoms with Crippen molar-refractivity contribution in [3.63, 3.8) is 0 Å². The SMILES string of the molecule is Cc1cc(Nc2cc(C3CCC3)ccn2)nc(-c2cnc([C@]3(O)CCCc4cc(C(=O)O)ccc43)s2)c1. The van der Waals surface area contributed by atoms with Crippen LogP contribution in [0, 0.1) is 6.92 Å². The van der Waals surface area contributed by atoms with Gasteiger partial charge in [0, 0.05) is 12.4 Å². The van der Waals surface area contributed by atoms with Gasteiger partial charge in [-0.25, -0.2) is 19.7 Å². The fourth-order valence-electron chi connectivity index (χ4n) is 5.31. The van der Waals surface area contributed by atoms with E-state index in [9.17, 15) is 15.0 Å². The van der Waals surface area contributed by atoms with Crippen LogP contribution in [-0.2, 0) is 12.0 Å². The van der Waals surface area contributed by atoms with E-state index < -0.39 is 11.6 Å². The second kappa shape index (κ2) is 9.36. The van der Waals surface area contributed by atoms with Crippen molar-refractivity contribution in [2.24, 2.45) is 0 Å². The number of benzene rings is 1. The van der Waals surface area contributed by atoms with Crippen molar-refractivity contribution in [3.05, 3.63) is 87.7 Å². The van der Waals surface area contributed by atoms with Crippen LogP contribution >= 0.6 is 11.3 Å². The van der Waals surface area contributed by atoms with E-state index in [2.05, 4.69) is 27.4 Å². The third-order valence-corrected chi connectivity index (χ3v) is 8.65. The highest BCUT2D eigenvalue weighted by atomic mass is 32.1. The van der Waals surface area contributed by atoms with Crippen LogP contribution in [0.2, 0.25) is 0 Å². The van der Waals surface area contributed by atoms with E-state index in [0.29, 0.717) is 23.2 Å². The quantitative estimate of drug-likeness (QED) is 0.283. The Morgan fingerprint density at radius 2 is 1.95 bits per heavy atom. The minimum Gasteiger partial charge on any atom is -0.478 e. The zero-order valence-electron chi connectivity index (χ0n) is 20.6. The van der Waals surface area contributed by atoms with Gasteiger partial charge < -0.3 is 15.5 Å². The second-order valence-electron chi connectivity index (χ2n) is 10.1. The van der Waals surface area contributed by atoms with Crippen molar-refractivity contribution >= 4 is 28.9 Å². The zero-order valence-corrected chi connectivity index (χ0v) is 21.4. The number of carboxylic acid groups (broad SMARTS) is 1. The molecule has 3 aromatic heterocycles. The Labute approximate surface area is 219 Å². The predicted molar refractivity (Wildman–Crippen MR) is 144 cm³/mol. The summed E-state index contributed by atoms with van der Waals surface area (Å²) in [5.41, 5.74) is 3.75. The van der Waals surface area contributed by atoms with Crippen LogP contribution < -0.4 is 5.32 Å². The Kier molecular flexibility index (Phi) is 6.01. The summed E-state index contributed by atoms with van der Waals surface area (Å²) in [7, 11) is 0. The molecule has 1 atom stereocenters. The number of rotatable bonds is 6. The number of aromatic carboxylic acids is 1. The molecule has 6 rings (SSSR count). The minimum atomic E-state index is -1.25. The molecule has 3 N–H and O–H groups in total. The van der Waals surface area contributed by atoms with E-state index in [1.54, 1.807) is 24.4 Å². The number of fused-ring (bicyclic) bond motifs is 1. The molecule has 0 aliphatic heterocycles. The van der Waals surface area contributed by atoms with Gasteiger partial charge in [0.1, 0.15) is 22.2 Å². The summed E-state index contributed by atoms with van der Waals surface area (Å²) in [4.78, 5) is 26.2. The normalized spacial score (nSPS) is 19.2. The molecule has 0 unspecified atom stereocenters. The van der Waals surface area contributed by atoms with Crippen molar-refractivity contribution in [3.8, 4) is 10.6 Å². The molecule has 0 radical (unpaired) electrons. The summed E-state index contributed by atoms with van der Waals surface area (Å²) < 4.78 is 0. The lowest BCUT2D eigenvalue weighted by molar-refractivity contribution is 0.0607. The van der Waals surface area contributed by atoms with Crippen molar-refractivity contribution in [2.75, 3.05) is 5.32 Å². The maximum atomic E-state index is 11.7. The predicted octanol–water partition coefficient (Wildman–Crippen LogP) is 6.19. The Morgan fingerprint density at radius 1 is 1.08 bits per heavy atom. The molecule has 0 spiro atoms. The first-order chi connectivity index (χ1) is 17.9. The first-order valence-corrected chi connectivity index (χ1v) is 13.5. The van der Waals surface area contributed by atoms with Crippen molar-refractivity contribution in [2.45, 2.75) is 57.0 Å². The van der Waals surface area contributed by atoms with Gasteiger partial charge in [-0.05, 0) is 104 Å². The molecule has 37 heavy (non-hydrogen) atoms. The molecule has 188 valence electrons. The number of anilines is 2. The molecule has 2 aliphatic rings. The minimum absolute atomic E-state index is 0.236. The van der Waals surface area contributed by atoms with Crippen molar-refractivity contribution < 1.29 is 15.0 Å². The molecule has 0 bridgehead atoms. The van der Waals surface area contributed by atoms with Crippen LogP contribution in [0.5, 0.6) is 0 Å². The molecular weight excluding hydrogens is 484 g/mol. The number of carboxylic acids is 1. The summed E-state index contributed by atoms with van der Waals surface area (Å²) in [6, 6.07) is 13.2. The second-order valence-corrected chi connectivity index (χ2v) is 11.1. The van der Waals surface area contributed by atoms with Gasteiger partial charge in [0.25, 0.3) is 0 Å². The number of hydrogen-bond donors (Lipinski definition) is 3. The Morgan fingerprint density at radius 3 is 2.73 bits per heavy atom. The Bertz CT molecular complexity index is 1500. The number of aliphatic hydroxyl groups is 1. The van der Waals surface area contributed by atoms with Crippen LogP contribution in [0.4, 0.5) is 11.6 Å². The smallest absolute Gasteiger partial charge is 0.335 e. The van der Waals surface area contributed by atoms with Gasteiger partial charge in [-0.15, -0.1) is 11.3 Å². The molecule has 4 aromatic rings. The highest BCUT2D eigenvalue weighted by Crippen LogP contribution is 2.44. The van der Waals surface area contributed by atoms with Crippen molar-refractivity contribution in [1.29, 1.82) is 0 Å². The van der Waals surface area contributed by atoms with Gasteiger partial charge in [0.2, 0.25) is 0 Å². The molecule has 7 nitrogen and oxygen atoms in total. The molecular formula is C29H28N4O3S. The maximum Gasteiger partial charge on any atom is 0.335 e. The topological polar surface area (TPSA) is 108 Å². The molecule has 1 fully saturated rings. The summed E-state index contributed by atoms with van der Waals surface area (Å²) in [5.74, 6) is 1.17. The van der Waals surface area contributed by atoms with E-state index in [-0.39, 0.29) is 5.56 Å². The largest absolute Gasteiger partial charge is 0.478 e. The number of aryl methyl sites for hydroxylation is 2. The average Bonchev–Trinajstić information content (AvgIpc) is 3.34. The summed E-state index contributed by atoms with van der Waals surface area (Å²) in [6.45, 7) is 2.03. The fraction of sp³-hybridized carbons (Fsp3) is 0.310. The first kappa shape index (κ1) is 23.8. The number of pyridine rings is 2. The number of thiazole rings is 1. The fourth-order valence-corrected chi connectivity index (χ4v) is 6.32. The third kappa shape index (κ3) is 4.51. The van der Waals surface area contributed by atoms with Gasteiger partial charge in [-0.1, -0.05) is 12.5 Å². The standard InChI is InChI=1S/C29H28N4O3S/c1-17-12-23(32-26(13-17)33-25-15-19(9-11-30-25)18-4-2-5-18)24-16-31-28(37-24)29(36)10-3-6-20-14-21(27(34)35)7-8-22(20)29/h7-9,11-16,18,36H,2-6,10H2,1H3,(H,34,35)(H,30,32,33)/t29-/m0/s1. The van der Waals surface area contributed by atoms with Crippen LogP contribution in [0.1, 0.15) is 75.6 Å². The van der Waals surface area contributed by atoms with E-state index >= 15 is 0 Å². The van der Waals surface area contributed by atoms with Gasteiger partial charge >= 0.3 is 5.97 Å². The van der Waals surface area contributed by atoms with Crippen LogP contribution in [-0.4, -0.2) is 31.1 Å². The lowest BCUT2D eigenvalue weighted by Gasteiger charge is -2.33. The zero-order chi connectivity index (χ0) is 25.6. The third-order valence-electron chi connectivity index (χ3n) is 7.48.